The normalized spacial score (nSPS) is 13.8. The average Bonchev–Trinajstić information content (AvgIpc) is 3.21. The average molecular weight is 872 g/mol. The van der Waals surface area contributed by atoms with Crippen molar-refractivity contribution in [3.05, 3.63) is 0 Å². The van der Waals surface area contributed by atoms with E-state index in [-0.39, 0.29) is 38.6 Å². The molecule has 3 atom stereocenters. The summed E-state index contributed by atoms with van der Waals surface area (Å²) >= 11 is 0. The number of hydrogen-bond acceptors (Lipinski definition) is 9. The third-order valence-electron chi connectivity index (χ3n) is 11.1. The van der Waals surface area contributed by atoms with Crippen molar-refractivity contribution in [3.63, 3.8) is 0 Å². The van der Waals surface area contributed by atoms with Gasteiger partial charge in [0.2, 0.25) is 0 Å². The molecule has 0 radical (unpaired) electrons. The molecule has 0 bridgehead atoms. The fourth-order valence-electron chi connectivity index (χ4n) is 7.22. The molecule has 0 aromatic heterocycles. The quantitative estimate of drug-likeness (QED) is 0.0255. The molecular formula is C49H96N2O8P+. The third-order valence-corrected chi connectivity index (χ3v) is 12.7. The van der Waals surface area contributed by atoms with E-state index in [2.05, 4.69) is 35.0 Å². The summed E-state index contributed by atoms with van der Waals surface area (Å²) in [7, 11) is 2.06. The fourth-order valence-corrected chi connectivity index (χ4v) is 8.62. The molecule has 0 amide bonds. The fraction of sp³-hybridized carbons (Fsp3) is 0.939. The zero-order valence-corrected chi connectivity index (χ0v) is 41.0. The summed E-state index contributed by atoms with van der Waals surface area (Å²) in [4.78, 5) is 25.7. The lowest BCUT2D eigenvalue weighted by Gasteiger charge is -2.27. The van der Waals surface area contributed by atoms with Crippen molar-refractivity contribution in [3.8, 4) is 6.07 Å². The number of carbonyl (C=O) groups excluding carboxylic acids is 2. The van der Waals surface area contributed by atoms with Crippen LogP contribution in [-0.2, 0) is 37.2 Å². The molecule has 0 aromatic carbocycles. The minimum Gasteiger partial charge on any atom is -0.462 e. The maximum absolute atomic E-state index is 13.7. The van der Waals surface area contributed by atoms with Crippen molar-refractivity contribution in [2.45, 2.75) is 251 Å². The largest absolute Gasteiger partial charge is 0.475 e. The Morgan fingerprint density at radius 2 is 0.950 bits per heavy atom. The highest BCUT2D eigenvalue weighted by molar-refractivity contribution is 7.48. The molecule has 0 fully saturated rings. The molecule has 0 aliphatic carbocycles. The van der Waals surface area contributed by atoms with Crippen LogP contribution >= 0.6 is 7.82 Å². The van der Waals surface area contributed by atoms with E-state index in [4.69, 9.17) is 28.3 Å². The van der Waals surface area contributed by atoms with Crippen LogP contribution in [0.2, 0.25) is 0 Å². The minimum atomic E-state index is -4.12. The molecule has 0 heterocycles. The van der Waals surface area contributed by atoms with E-state index in [9.17, 15) is 14.2 Å². The molecule has 354 valence electrons. The smallest absolute Gasteiger partial charge is 0.462 e. The van der Waals surface area contributed by atoms with Crippen LogP contribution in [0.3, 0.4) is 0 Å². The van der Waals surface area contributed by atoms with Gasteiger partial charge >= 0.3 is 19.8 Å². The van der Waals surface area contributed by atoms with Crippen LogP contribution in [0.5, 0.6) is 0 Å². The highest BCUT2D eigenvalue weighted by Crippen LogP contribution is 2.51. The maximum Gasteiger partial charge on any atom is 0.475 e. The van der Waals surface area contributed by atoms with Gasteiger partial charge in [-0.1, -0.05) is 194 Å². The monoisotopic (exact) mass is 872 g/mol. The second-order valence-electron chi connectivity index (χ2n) is 18.4. The predicted octanol–water partition coefficient (Wildman–Crippen LogP) is 14.5. The molecule has 3 unspecified atom stereocenters. The highest BCUT2D eigenvalue weighted by Gasteiger charge is 2.32. The Bertz CT molecular complexity index is 1080. The van der Waals surface area contributed by atoms with Crippen LogP contribution in [-0.4, -0.2) is 76.1 Å². The van der Waals surface area contributed by atoms with Crippen molar-refractivity contribution in [2.24, 2.45) is 0 Å². The van der Waals surface area contributed by atoms with Gasteiger partial charge in [0.05, 0.1) is 59.5 Å². The first-order valence-corrected chi connectivity index (χ1v) is 26.5. The number of carbonyl (C=O) groups is 2. The second kappa shape index (κ2) is 41.5. The summed E-state index contributed by atoms with van der Waals surface area (Å²) in [5, 5.41) is 9.04. The number of rotatable bonds is 46. The van der Waals surface area contributed by atoms with Gasteiger partial charge in [-0.05, 0) is 19.8 Å². The molecular weight excluding hydrogens is 776 g/mol. The standard InChI is InChI=1S/C49H96N2O8P/c1-7-9-11-13-15-17-19-21-23-25-27-29-31-33-35-38-48(52)55-44-47(45-57-60(54,56-43-37-41-50)59-46(3)40-42-51(4,5)6)58-49(53)39-36-34-32-30-28-26-24-22-20-18-16-14-12-10-8-2/h46-47H,7-40,42-45H2,1-6H3/q+1. The number of hydrogen-bond donors (Lipinski definition) is 0. The SMILES string of the molecule is CCCCCCCCCCCCCCCCCC(=O)OCC(COP(=O)(OCCC#N)OC(C)CC[N+](C)(C)C)OC(=O)CCCCCCCCCCCCCCCCC. The van der Waals surface area contributed by atoms with E-state index in [0.717, 1.165) is 38.6 Å². The van der Waals surface area contributed by atoms with Gasteiger partial charge in [-0.25, -0.2) is 4.57 Å². The van der Waals surface area contributed by atoms with E-state index >= 15 is 0 Å². The summed E-state index contributed by atoms with van der Waals surface area (Å²) in [5.41, 5.74) is 0. The van der Waals surface area contributed by atoms with Gasteiger partial charge in [-0.3, -0.25) is 23.2 Å². The summed E-state index contributed by atoms with van der Waals surface area (Å²) in [6.07, 6.45) is 37.1. The minimum absolute atomic E-state index is 0.0125. The summed E-state index contributed by atoms with van der Waals surface area (Å²) in [6, 6.07) is 1.98. The number of nitrogens with zero attached hydrogens (tertiary/aromatic N) is 2. The lowest BCUT2D eigenvalue weighted by Crippen LogP contribution is -2.37. The van der Waals surface area contributed by atoms with Crippen LogP contribution in [0.25, 0.3) is 0 Å². The Hall–Kier alpha value is -1.50. The molecule has 0 aliphatic rings. The van der Waals surface area contributed by atoms with E-state index in [0.29, 0.717) is 23.7 Å². The Labute approximate surface area is 370 Å². The molecule has 0 rings (SSSR count). The van der Waals surface area contributed by atoms with Gasteiger partial charge in [0, 0.05) is 19.3 Å². The number of nitriles is 1. The molecule has 0 saturated carbocycles. The van der Waals surface area contributed by atoms with Crippen LogP contribution in [0.4, 0.5) is 0 Å². The van der Waals surface area contributed by atoms with Crippen LogP contribution in [0, 0.1) is 11.3 Å². The molecule has 60 heavy (non-hydrogen) atoms. The van der Waals surface area contributed by atoms with E-state index in [1.165, 1.54) is 154 Å². The number of esters is 2. The second-order valence-corrected chi connectivity index (χ2v) is 20.0. The van der Waals surface area contributed by atoms with Crippen LogP contribution in [0.1, 0.15) is 239 Å². The van der Waals surface area contributed by atoms with Gasteiger partial charge in [0.15, 0.2) is 6.10 Å². The number of unbranched alkanes of at least 4 members (excludes halogenated alkanes) is 28. The summed E-state index contributed by atoms with van der Waals surface area (Å²) < 4.78 is 42.7. The van der Waals surface area contributed by atoms with Gasteiger partial charge in [0.25, 0.3) is 0 Å². The van der Waals surface area contributed by atoms with Crippen LogP contribution < -0.4 is 0 Å². The number of phosphoric ester groups is 1. The first-order valence-electron chi connectivity index (χ1n) is 25.0. The van der Waals surface area contributed by atoms with E-state index < -0.39 is 26.0 Å². The topological polar surface area (TPSA) is 121 Å². The van der Waals surface area contributed by atoms with Gasteiger partial charge in [0.1, 0.15) is 6.61 Å². The number of phosphoric acid groups is 1. The number of ether oxygens (including phenoxy) is 2. The Morgan fingerprint density at radius 3 is 1.33 bits per heavy atom. The van der Waals surface area contributed by atoms with Gasteiger partial charge in [-0.15, -0.1) is 0 Å². The van der Waals surface area contributed by atoms with E-state index in [1.807, 2.05) is 6.07 Å². The van der Waals surface area contributed by atoms with Crippen molar-refractivity contribution in [1.29, 1.82) is 5.26 Å². The molecule has 0 aromatic rings. The molecule has 0 spiro atoms. The Morgan fingerprint density at radius 1 is 0.567 bits per heavy atom. The first-order chi connectivity index (χ1) is 28.9. The lowest BCUT2D eigenvalue weighted by molar-refractivity contribution is -0.870. The summed E-state index contributed by atoms with van der Waals surface area (Å²) in [5.74, 6) is -0.763. The third kappa shape index (κ3) is 41.8. The van der Waals surface area contributed by atoms with Gasteiger partial charge < -0.3 is 14.0 Å². The van der Waals surface area contributed by atoms with Gasteiger partial charge in [-0.2, -0.15) is 5.26 Å². The molecule has 10 nitrogen and oxygen atoms in total. The van der Waals surface area contributed by atoms with Crippen molar-refractivity contribution in [1.82, 2.24) is 0 Å². The van der Waals surface area contributed by atoms with E-state index in [1.54, 1.807) is 6.92 Å². The van der Waals surface area contributed by atoms with Crippen molar-refractivity contribution < 1.29 is 41.7 Å². The first kappa shape index (κ1) is 58.5. The predicted molar refractivity (Wildman–Crippen MR) is 248 cm³/mol. The zero-order chi connectivity index (χ0) is 44.4. The number of quaternary nitrogens is 1. The molecule has 11 heteroatoms. The molecule has 0 saturated heterocycles. The van der Waals surface area contributed by atoms with Crippen molar-refractivity contribution >= 4 is 19.8 Å². The maximum atomic E-state index is 13.7. The van der Waals surface area contributed by atoms with Crippen LogP contribution in [0.15, 0.2) is 0 Å². The highest BCUT2D eigenvalue weighted by atomic mass is 31.2. The lowest BCUT2D eigenvalue weighted by atomic mass is 10.0. The Balaban J connectivity index is 4.77. The Kier molecular flexibility index (Phi) is 40.5. The summed E-state index contributed by atoms with van der Waals surface area (Å²) in [6.45, 7) is 6.42. The van der Waals surface area contributed by atoms with Crippen molar-refractivity contribution in [2.75, 3.05) is 47.5 Å². The molecule has 0 aliphatic heterocycles. The zero-order valence-electron chi connectivity index (χ0n) is 40.1. The molecule has 0 N–H and O–H groups in total.